The monoisotopic (exact) mass is 387 g/mol. The van der Waals surface area contributed by atoms with Crippen molar-refractivity contribution in [2.45, 2.75) is 38.6 Å². The molecule has 0 amide bonds. The average molecular weight is 388 g/mol. The molecule has 2 unspecified atom stereocenters. The molecule has 0 bridgehead atoms. The first-order chi connectivity index (χ1) is 14.0. The van der Waals surface area contributed by atoms with Gasteiger partial charge in [0.25, 0.3) is 0 Å². The maximum atomic E-state index is 11.7. The molecule has 0 radical (unpaired) electrons. The van der Waals surface area contributed by atoms with Crippen LogP contribution in [0.5, 0.6) is 0 Å². The van der Waals surface area contributed by atoms with Crippen molar-refractivity contribution in [3.63, 3.8) is 0 Å². The van der Waals surface area contributed by atoms with E-state index in [4.69, 9.17) is 0 Å². The van der Waals surface area contributed by atoms with E-state index in [2.05, 4.69) is 85.5 Å². The number of carboxylic acids is 1. The zero-order valence-electron chi connectivity index (χ0n) is 17.2. The number of hydrogen-bond acceptors (Lipinski definition) is 2. The molecule has 4 rings (SSSR count). The van der Waals surface area contributed by atoms with Crippen LogP contribution in [0.2, 0.25) is 0 Å². The largest absolute Gasteiger partial charge is 0.481 e. The number of likely N-dealkylation sites (tertiary alicyclic amines) is 1. The number of benzene rings is 3. The lowest BCUT2D eigenvalue weighted by molar-refractivity contribution is -0.143. The summed E-state index contributed by atoms with van der Waals surface area (Å²) in [7, 11) is 0. The molecule has 1 aliphatic heterocycles. The lowest BCUT2D eigenvalue weighted by Gasteiger charge is -2.38. The molecular weight excluding hydrogens is 358 g/mol. The van der Waals surface area contributed by atoms with Crippen molar-refractivity contribution in [1.82, 2.24) is 4.90 Å². The topological polar surface area (TPSA) is 40.5 Å². The van der Waals surface area contributed by atoms with Crippen LogP contribution in [0.15, 0.2) is 66.7 Å². The predicted octanol–water partition coefficient (Wildman–Crippen LogP) is 5.85. The zero-order valence-corrected chi connectivity index (χ0v) is 17.2. The molecule has 2 atom stereocenters. The second-order valence-corrected chi connectivity index (χ2v) is 8.46. The fraction of sp³-hybridized carbons (Fsp3) is 0.346. The van der Waals surface area contributed by atoms with E-state index in [1.807, 2.05) is 0 Å². The van der Waals surface area contributed by atoms with Crippen LogP contribution in [0, 0.1) is 5.92 Å². The summed E-state index contributed by atoms with van der Waals surface area (Å²) >= 11 is 0. The third kappa shape index (κ3) is 4.06. The highest BCUT2D eigenvalue weighted by Crippen LogP contribution is 2.36. The Bertz CT molecular complexity index is 988. The molecule has 1 N–H and O–H groups in total. The van der Waals surface area contributed by atoms with Crippen LogP contribution < -0.4 is 0 Å². The first-order valence-electron chi connectivity index (χ1n) is 10.6. The molecule has 3 heteroatoms. The number of nitrogens with zero attached hydrogens (tertiary/aromatic N) is 1. The van der Waals surface area contributed by atoms with Gasteiger partial charge in [0.05, 0.1) is 12.0 Å². The van der Waals surface area contributed by atoms with Gasteiger partial charge in [-0.15, -0.1) is 0 Å². The third-order valence-electron chi connectivity index (χ3n) is 6.20. The van der Waals surface area contributed by atoms with Crippen molar-refractivity contribution in [2.75, 3.05) is 13.1 Å². The molecular formula is C26H29NO2. The SMILES string of the molecule is CC(C)c1ccc(C(c2cccc3ccccc23)N2CCCC(C(=O)O)C2)cc1. The highest BCUT2D eigenvalue weighted by molar-refractivity contribution is 5.86. The van der Waals surface area contributed by atoms with Crippen LogP contribution >= 0.6 is 0 Å². The highest BCUT2D eigenvalue weighted by atomic mass is 16.4. The normalized spacial score (nSPS) is 18.8. The second-order valence-electron chi connectivity index (χ2n) is 8.46. The van der Waals surface area contributed by atoms with Crippen molar-refractivity contribution >= 4 is 16.7 Å². The molecule has 3 nitrogen and oxygen atoms in total. The van der Waals surface area contributed by atoms with Crippen LogP contribution in [0.3, 0.4) is 0 Å². The Kier molecular flexibility index (Phi) is 5.68. The molecule has 29 heavy (non-hydrogen) atoms. The standard InChI is InChI=1S/C26H29NO2/c1-18(2)19-12-14-21(15-13-19)25(27-16-6-9-22(17-27)26(28)29)24-11-5-8-20-7-3-4-10-23(20)24/h3-5,7-8,10-15,18,22,25H,6,9,16-17H2,1-2H3,(H,28,29). The van der Waals surface area contributed by atoms with Gasteiger partial charge in [-0.05, 0) is 52.8 Å². The van der Waals surface area contributed by atoms with Crippen molar-refractivity contribution < 1.29 is 9.90 Å². The Labute approximate surface area is 173 Å². The van der Waals surface area contributed by atoms with Crippen molar-refractivity contribution in [3.8, 4) is 0 Å². The van der Waals surface area contributed by atoms with E-state index in [-0.39, 0.29) is 12.0 Å². The van der Waals surface area contributed by atoms with Crippen molar-refractivity contribution in [1.29, 1.82) is 0 Å². The first kappa shape index (κ1) is 19.7. The Morgan fingerprint density at radius 3 is 2.38 bits per heavy atom. The summed E-state index contributed by atoms with van der Waals surface area (Å²) in [5.41, 5.74) is 3.82. The van der Waals surface area contributed by atoms with Crippen LogP contribution in [0.25, 0.3) is 10.8 Å². The quantitative estimate of drug-likeness (QED) is 0.597. The summed E-state index contributed by atoms with van der Waals surface area (Å²) in [6, 6.07) is 23.9. The van der Waals surface area contributed by atoms with Crippen LogP contribution in [0.1, 0.15) is 55.3 Å². The first-order valence-corrected chi connectivity index (χ1v) is 10.6. The molecule has 3 aromatic rings. The molecule has 3 aromatic carbocycles. The van der Waals surface area contributed by atoms with E-state index in [0.29, 0.717) is 12.5 Å². The summed E-state index contributed by atoms with van der Waals surface area (Å²) in [5, 5.41) is 12.1. The van der Waals surface area contributed by atoms with E-state index < -0.39 is 5.97 Å². The Hall–Kier alpha value is -2.65. The van der Waals surface area contributed by atoms with Gasteiger partial charge < -0.3 is 5.11 Å². The molecule has 1 fully saturated rings. The van der Waals surface area contributed by atoms with Gasteiger partial charge in [0, 0.05) is 6.54 Å². The predicted molar refractivity (Wildman–Crippen MR) is 118 cm³/mol. The van der Waals surface area contributed by atoms with Gasteiger partial charge in [-0.2, -0.15) is 0 Å². The Balaban J connectivity index is 1.81. The van der Waals surface area contributed by atoms with Gasteiger partial charge in [0.2, 0.25) is 0 Å². The van der Waals surface area contributed by atoms with Crippen LogP contribution in [-0.2, 0) is 4.79 Å². The zero-order chi connectivity index (χ0) is 20.4. The summed E-state index contributed by atoms with van der Waals surface area (Å²) in [4.78, 5) is 14.1. The molecule has 1 saturated heterocycles. The van der Waals surface area contributed by atoms with E-state index in [1.165, 1.54) is 27.5 Å². The van der Waals surface area contributed by atoms with E-state index in [9.17, 15) is 9.90 Å². The number of hydrogen-bond donors (Lipinski definition) is 1. The summed E-state index contributed by atoms with van der Waals surface area (Å²) in [5.74, 6) is -0.482. The number of piperidine rings is 1. The summed E-state index contributed by atoms with van der Waals surface area (Å²) in [6.07, 6.45) is 1.68. The number of carboxylic acid groups (broad SMARTS) is 1. The summed E-state index contributed by atoms with van der Waals surface area (Å²) in [6.45, 7) is 5.93. The van der Waals surface area contributed by atoms with E-state index in [0.717, 1.165) is 19.4 Å². The fourth-order valence-corrected chi connectivity index (χ4v) is 4.58. The highest BCUT2D eigenvalue weighted by Gasteiger charge is 2.32. The number of fused-ring (bicyclic) bond motifs is 1. The van der Waals surface area contributed by atoms with Gasteiger partial charge in [0.1, 0.15) is 0 Å². The molecule has 0 spiro atoms. The number of rotatable bonds is 5. The minimum Gasteiger partial charge on any atom is -0.481 e. The van der Waals surface area contributed by atoms with Gasteiger partial charge >= 0.3 is 5.97 Å². The molecule has 0 saturated carbocycles. The minimum absolute atomic E-state index is 0.0597. The maximum absolute atomic E-state index is 11.7. The van der Waals surface area contributed by atoms with Gasteiger partial charge in [-0.1, -0.05) is 80.6 Å². The van der Waals surface area contributed by atoms with Gasteiger partial charge in [0.15, 0.2) is 0 Å². The van der Waals surface area contributed by atoms with Crippen LogP contribution in [0.4, 0.5) is 0 Å². The number of carbonyl (C=O) groups is 1. The molecule has 0 aromatic heterocycles. The fourth-order valence-electron chi connectivity index (χ4n) is 4.58. The summed E-state index contributed by atoms with van der Waals surface area (Å²) < 4.78 is 0. The van der Waals surface area contributed by atoms with Gasteiger partial charge in [-0.25, -0.2) is 0 Å². The molecule has 1 heterocycles. The second kappa shape index (κ2) is 8.38. The van der Waals surface area contributed by atoms with Crippen molar-refractivity contribution in [2.24, 2.45) is 5.92 Å². The lowest BCUT2D eigenvalue weighted by Crippen LogP contribution is -2.41. The Morgan fingerprint density at radius 2 is 1.66 bits per heavy atom. The minimum atomic E-state index is -0.679. The lowest BCUT2D eigenvalue weighted by atomic mass is 9.88. The third-order valence-corrected chi connectivity index (χ3v) is 6.20. The van der Waals surface area contributed by atoms with E-state index in [1.54, 1.807) is 0 Å². The number of aliphatic carboxylic acids is 1. The van der Waals surface area contributed by atoms with E-state index >= 15 is 0 Å². The van der Waals surface area contributed by atoms with Crippen LogP contribution in [-0.4, -0.2) is 29.1 Å². The maximum Gasteiger partial charge on any atom is 0.307 e. The molecule has 150 valence electrons. The smallest absolute Gasteiger partial charge is 0.307 e. The Morgan fingerprint density at radius 1 is 0.966 bits per heavy atom. The molecule has 1 aliphatic rings. The average Bonchev–Trinajstić information content (AvgIpc) is 2.75. The molecule has 0 aliphatic carbocycles. The van der Waals surface area contributed by atoms with Crippen molar-refractivity contribution in [3.05, 3.63) is 83.4 Å². The van der Waals surface area contributed by atoms with Gasteiger partial charge in [-0.3, -0.25) is 9.69 Å².